The van der Waals surface area contributed by atoms with E-state index in [1.165, 1.54) is 44.2 Å². The number of nitrogens with one attached hydrogen (secondary N) is 1. The molecule has 1 atom stereocenters. The average molecular weight is 263 g/mol. The van der Waals surface area contributed by atoms with Crippen LogP contribution in [0.3, 0.4) is 0 Å². The normalized spacial score (nSPS) is 18.5. The zero-order valence-electron chi connectivity index (χ0n) is 12.8. The van der Waals surface area contributed by atoms with Crippen molar-refractivity contribution in [1.82, 2.24) is 15.1 Å². The number of hydrogen-bond donors (Lipinski definition) is 1. The Kier molecular flexibility index (Phi) is 5.03. The smallest absolute Gasteiger partial charge is 0.0630 e. The van der Waals surface area contributed by atoms with Crippen molar-refractivity contribution in [1.29, 1.82) is 0 Å². The lowest BCUT2D eigenvalue weighted by Gasteiger charge is -2.33. The molecule has 3 heteroatoms. The molecule has 1 aliphatic rings. The van der Waals surface area contributed by atoms with E-state index < -0.39 is 0 Å². The highest BCUT2D eigenvalue weighted by atomic mass is 15.2. The number of aryl methyl sites for hydroxylation is 1. The van der Waals surface area contributed by atoms with Crippen molar-refractivity contribution in [3.63, 3.8) is 0 Å². The average Bonchev–Trinajstić information content (AvgIpc) is 3.16. The van der Waals surface area contributed by atoms with Gasteiger partial charge in [-0.3, -0.25) is 4.68 Å². The van der Waals surface area contributed by atoms with E-state index in [4.69, 9.17) is 0 Å². The van der Waals surface area contributed by atoms with Crippen LogP contribution in [0.25, 0.3) is 0 Å². The third kappa shape index (κ3) is 4.34. The summed E-state index contributed by atoms with van der Waals surface area (Å²) in [5.74, 6) is 0. The number of aromatic nitrogens is 2. The maximum Gasteiger partial charge on any atom is 0.0630 e. The Morgan fingerprint density at radius 2 is 2.21 bits per heavy atom. The molecule has 0 amide bonds. The molecule has 1 N–H and O–H groups in total. The van der Waals surface area contributed by atoms with Gasteiger partial charge in [-0.15, -0.1) is 0 Å². The molecular weight excluding hydrogens is 234 g/mol. The number of hydrogen-bond acceptors (Lipinski definition) is 2. The van der Waals surface area contributed by atoms with Crippen molar-refractivity contribution >= 4 is 0 Å². The highest BCUT2D eigenvalue weighted by Crippen LogP contribution is 2.33. The molecular formula is C16H29N3. The van der Waals surface area contributed by atoms with Crippen LogP contribution >= 0.6 is 0 Å². The summed E-state index contributed by atoms with van der Waals surface area (Å²) in [6.45, 7) is 5.79. The third-order valence-corrected chi connectivity index (χ3v) is 4.48. The highest BCUT2D eigenvalue weighted by Gasteiger charge is 2.31. The van der Waals surface area contributed by atoms with Gasteiger partial charge in [0.2, 0.25) is 0 Å². The summed E-state index contributed by atoms with van der Waals surface area (Å²) in [5.41, 5.74) is 1.64. The van der Waals surface area contributed by atoms with Gasteiger partial charge in [0.15, 0.2) is 0 Å². The molecule has 0 radical (unpaired) electrons. The van der Waals surface area contributed by atoms with E-state index in [0.29, 0.717) is 5.41 Å². The van der Waals surface area contributed by atoms with Gasteiger partial charge in [0.05, 0.1) is 5.69 Å². The first-order chi connectivity index (χ1) is 9.17. The highest BCUT2D eigenvalue weighted by molar-refractivity contribution is 5.04. The second-order valence-electron chi connectivity index (χ2n) is 6.27. The van der Waals surface area contributed by atoms with Crippen LogP contribution in [-0.4, -0.2) is 22.4 Å². The Morgan fingerprint density at radius 1 is 1.42 bits per heavy atom. The van der Waals surface area contributed by atoms with Gasteiger partial charge in [-0.05, 0) is 43.6 Å². The van der Waals surface area contributed by atoms with Gasteiger partial charge in [-0.2, -0.15) is 5.10 Å². The SMILES string of the molecule is CCCCC(CC)(CNC1CC1)Cc1ccn(C)n1. The predicted molar refractivity (Wildman–Crippen MR) is 80.2 cm³/mol. The van der Waals surface area contributed by atoms with E-state index >= 15 is 0 Å². The van der Waals surface area contributed by atoms with Crippen molar-refractivity contribution in [2.75, 3.05) is 6.54 Å². The molecule has 1 saturated carbocycles. The Hall–Kier alpha value is -0.830. The molecule has 0 aromatic carbocycles. The monoisotopic (exact) mass is 263 g/mol. The van der Waals surface area contributed by atoms with Gasteiger partial charge in [-0.1, -0.05) is 26.7 Å². The largest absolute Gasteiger partial charge is 0.313 e. The maximum atomic E-state index is 4.58. The zero-order chi connectivity index (χ0) is 13.7. The van der Waals surface area contributed by atoms with Crippen LogP contribution in [0, 0.1) is 5.41 Å². The van der Waals surface area contributed by atoms with Gasteiger partial charge in [-0.25, -0.2) is 0 Å². The molecule has 1 fully saturated rings. The molecule has 2 rings (SSSR count). The molecule has 1 aromatic rings. The lowest BCUT2D eigenvalue weighted by molar-refractivity contribution is 0.225. The molecule has 0 saturated heterocycles. The van der Waals surface area contributed by atoms with E-state index in [1.807, 2.05) is 11.7 Å². The van der Waals surface area contributed by atoms with Crippen LogP contribution in [-0.2, 0) is 13.5 Å². The number of rotatable bonds is 9. The lowest BCUT2D eigenvalue weighted by Crippen LogP contribution is -2.37. The Bertz CT molecular complexity index is 381. The lowest BCUT2D eigenvalue weighted by atomic mass is 9.76. The second-order valence-corrected chi connectivity index (χ2v) is 6.27. The van der Waals surface area contributed by atoms with E-state index in [1.54, 1.807) is 0 Å². The molecule has 1 heterocycles. The van der Waals surface area contributed by atoms with E-state index in [-0.39, 0.29) is 0 Å². The second kappa shape index (κ2) is 6.56. The fraction of sp³-hybridized carbons (Fsp3) is 0.812. The fourth-order valence-electron chi connectivity index (χ4n) is 2.81. The van der Waals surface area contributed by atoms with Gasteiger partial charge >= 0.3 is 0 Å². The summed E-state index contributed by atoms with van der Waals surface area (Å²) in [6, 6.07) is 2.98. The van der Waals surface area contributed by atoms with Gasteiger partial charge < -0.3 is 5.32 Å². The van der Waals surface area contributed by atoms with Crippen molar-refractivity contribution in [3.05, 3.63) is 18.0 Å². The van der Waals surface area contributed by atoms with Gasteiger partial charge in [0, 0.05) is 25.8 Å². The van der Waals surface area contributed by atoms with Crippen molar-refractivity contribution in [3.8, 4) is 0 Å². The summed E-state index contributed by atoms with van der Waals surface area (Å²) in [6.07, 6.45) is 11.1. The molecule has 3 nitrogen and oxygen atoms in total. The van der Waals surface area contributed by atoms with Crippen molar-refractivity contribution in [2.24, 2.45) is 12.5 Å². The Morgan fingerprint density at radius 3 is 2.74 bits per heavy atom. The summed E-state index contributed by atoms with van der Waals surface area (Å²) >= 11 is 0. The summed E-state index contributed by atoms with van der Waals surface area (Å²) < 4.78 is 1.92. The van der Waals surface area contributed by atoms with E-state index in [9.17, 15) is 0 Å². The number of nitrogens with zero attached hydrogens (tertiary/aromatic N) is 2. The van der Waals surface area contributed by atoms with Crippen LogP contribution < -0.4 is 5.32 Å². The van der Waals surface area contributed by atoms with Crippen molar-refractivity contribution < 1.29 is 0 Å². The molecule has 0 aliphatic heterocycles. The van der Waals surface area contributed by atoms with Crippen LogP contribution in [0.1, 0.15) is 58.1 Å². The molecule has 1 aromatic heterocycles. The van der Waals surface area contributed by atoms with E-state index in [2.05, 4.69) is 36.5 Å². The first kappa shape index (κ1) is 14.6. The van der Waals surface area contributed by atoms with Crippen LogP contribution in [0.2, 0.25) is 0 Å². The minimum Gasteiger partial charge on any atom is -0.313 e. The van der Waals surface area contributed by atoms with Crippen LogP contribution in [0.5, 0.6) is 0 Å². The Balaban J connectivity index is 2.00. The minimum absolute atomic E-state index is 0.396. The number of unbranched alkanes of at least 4 members (excludes halogenated alkanes) is 1. The maximum absolute atomic E-state index is 4.58. The fourth-order valence-corrected chi connectivity index (χ4v) is 2.81. The van der Waals surface area contributed by atoms with Gasteiger partial charge in [0.1, 0.15) is 0 Å². The first-order valence-electron chi connectivity index (χ1n) is 7.89. The molecule has 1 aliphatic carbocycles. The summed E-state index contributed by atoms with van der Waals surface area (Å²) in [7, 11) is 2.01. The molecule has 0 spiro atoms. The molecule has 1 unspecified atom stereocenters. The van der Waals surface area contributed by atoms with Crippen LogP contribution in [0.4, 0.5) is 0 Å². The zero-order valence-corrected chi connectivity index (χ0v) is 12.8. The van der Waals surface area contributed by atoms with Crippen LogP contribution in [0.15, 0.2) is 12.3 Å². The third-order valence-electron chi connectivity index (χ3n) is 4.48. The quantitative estimate of drug-likeness (QED) is 0.741. The molecule has 19 heavy (non-hydrogen) atoms. The Labute approximate surface area is 117 Å². The van der Waals surface area contributed by atoms with Crippen molar-refractivity contribution in [2.45, 2.75) is 64.8 Å². The first-order valence-corrected chi connectivity index (χ1v) is 7.89. The summed E-state index contributed by atoms with van der Waals surface area (Å²) in [5, 5.41) is 8.33. The topological polar surface area (TPSA) is 29.9 Å². The summed E-state index contributed by atoms with van der Waals surface area (Å²) in [4.78, 5) is 0. The molecule has 108 valence electrons. The predicted octanol–water partition coefficient (Wildman–Crippen LogP) is 3.30. The van der Waals surface area contributed by atoms with E-state index in [0.717, 1.165) is 19.0 Å². The standard InChI is InChI=1S/C16H29N3/c1-4-6-10-16(5-2,13-17-14-7-8-14)12-15-9-11-19(3)18-15/h9,11,14,17H,4-8,10,12-13H2,1-3H3. The molecule has 0 bridgehead atoms. The van der Waals surface area contributed by atoms with Gasteiger partial charge in [0.25, 0.3) is 0 Å². The minimum atomic E-state index is 0.396.